The second-order valence-corrected chi connectivity index (χ2v) is 10.1. The van der Waals surface area contributed by atoms with Gasteiger partial charge in [0, 0.05) is 18.1 Å². The summed E-state index contributed by atoms with van der Waals surface area (Å²) >= 11 is 7.99. The molecular weight excluding hydrogens is 416 g/mol. The molecule has 2 rings (SSSR count). The second kappa shape index (κ2) is 14.2. The van der Waals surface area contributed by atoms with Crippen LogP contribution in [0.2, 0.25) is 5.02 Å². The van der Waals surface area contributed by atoms with Crippen molar-refractivity contribution in [3.8, 4) is 5.75 Å². The number of rotatable bonds is 12. The fraction of sp³-hybridized carbons (Fsp3) is 0.708. The smallest absolute Gasteiger partial charge is 0.410 e. The van der Waals surface area contributed by atoms with Crippen molar-refractivity contribution in [2.45, 2.75) is 64.3 Å². The molecule has 1 saturated carbocycles. The van der Waals surface area contributed by atoms with Crippen molar-refractivity contribution in [3.63, 3.8) is 0 Å². The van der Waals surface area contributed by atoms with Crippen LogP contribution in [0.1, 0.15) is 58.3 Å². The van der Waals surface area contributed by atoms with E-state index in [0.29, 0.717) is 10.8 Å². The van der Waals surface area contributed by atoms with Crippen molar-refractivity contribution < 1.29 is 9.53 Å². The van der Waals surface area contributed by atoms with Gasteiger partial charge in [0.15, 0.2) is 0 Å². The van der Waals surface area contributed by atoms with Crippen molar-refractivity contribution in [2.75, 3.05) is 38.7 Å². The summed E-state index contributed by atoms with van der Waals surface area (Å²) in [6.07, 6.45) is 9.50. The fourth-order valence-corrected chi connectivity index (χ4v) is 5.25. The Morgan fingerprint density at radius 1 is 1.07 bits per heavy atom. The van der Waals surface area contributed by atoms with Crippen LogP contribution < -0.4 is 4.74 Å². The molecule has 0 bridgehead atoms. The van der Waals surface area contributed by atoms with Crippen LogP contribution in [0.15, 0.2) is 24.3 Å². The molecule has 0 N–H and O–H groups in total. The van der Waals surface area contributed by atoms with Gasteiger partial charge in [-0.3, -0.25) is 0 Å². The molecule has 0 heterocycles. The highest BCUT2D eigenvalue weighted by Crippen LogP contribution is 2.30. The largest absolute Gasteiger partial charge is 0.415 e. The van der Waals surface area contributed by atoms with Gasteiger partial charge in [0.1, 0.15) is 5.75 Å². The summed E-state index contributed by atoms with van der Waals surface area (Å²) in [7, 11) is 4.10. The number of amides is 1. The standard InChI is InChI=1S/C24H39ClN2O2S/c1-4-5-6-16-26(2)17-7-18-30-19-20-8-12-22(13-9-20)27(3)24(28)29-23-14-10-21(25)11-15-23/h10-11,14-15,20,22H,4-9,12-13,16-19H2,1-3H3. The minimum Gasteiger partial charge on any atom is -0.410 e. The Kier molecular flexibility index (Phi) is 12.0. The second-order valence-electron chi connectivity index (χ2n) is 8.55. The van der Waals surface area contributed by atoms with Gasteiger partial charge in [-0.2, -0.15) is 11.8 Å². The van der Waals surface area contributed by atoms with Crippen LogP contribution in [-0.4, -0.2) is 60.6 Å². The van der Waals surface area contributed by atoms with Gasteiger partial charge in [0.2, 0.25) is 0 Å². The zero-order valence-electron chi connectivity index (χ0n) is 18.9. The van der Waals surface area contributed by atoms with E-state index in [0.717, 1.165) is 18.8 Å². The van der Waals surface area contributed by atoms with Gasteiger partial charge in [0.05, 0.1) is 0 Å². The predicted octanol–water partition coefficient (Wildman–Crippen LogP) is 6.57. The molecule has 0 radical (unpaired) electrons. The third-order valence-corrected chi connectivity index (χ3v) is 7.53. The summed E-state index contributed by atoms with van der Waals surface area (Å²) in [4.78, 5) is 16.7. The highest BCUT2D eigenvalue weighted by Gasteiger charge is 2.27. The SMILES string of the molecule is CCCCCN(C)CCCSCC1CCC(N(C)C(=O)Oc2ccc(Cl)cc2)CC1. The van der Waals surface area contributed by atoms with Gasteiger partial charge in [-0.15, -0.1) is 0 Å². The molecule has 0 saturated heterocycles. The zero-order valence-corrected chi connectivity index (χ0v) is 20.5. The Morgan fingerprint density at radius 3 is 2.40 bits per heavy atom. The number of thioether (sulfide) groups is 1. The molecule has 6 heteroatoms. The first kappa shape index (κ1) is 25.4. The Hall–Kier alpha value is -0.910. The number of carbonyl (C=O) groups excluding carboxylic acids is 1. The molecular formula is C24H39ClN2O2S. The first-order valence-corrected chi connectivity index (χ1v) is 13.0. The Balaban J connectivity index is 1.57. The number of unbranched alkanes of at least 4 members (excludes halogenated alkanes) is 2. The molecule has 1 aliphatic carbocycles. The normalized spacial score (nSPS) is 19.1. The molecule has 4 nitrogen and oxygen atoms in total. The lowest BCUT2D eigenvalue weighted by Gasteiger charge is -2.34. The number of benzene rings is 1. The van der Waals surface area contributed by atoms with E-state index >= 15 is 0 Å². The molecule has 0 aliphatic heterocycles. The molecule has 1 amide bonds. The van der Waals surface area contributed by atoms with E-state index in [1.165, 1.54) is 63.1 Å². The molecule has 1 aliphatic rings. The van der Waals surface area contributed by atoms with Crippen LogP contribution in [-0.2, 0) is 0 Å². The monoisotopic (exact) mass is 454 g/mol. The van der Waals surface area contributed by atoms with Gasteiger partial charge in [-0.05, 0) is 100 Å². The maximum atomic E-state index is 12.4. The molecule has 30 heavy (non-hydrogen) atoms. The summed E-state index contributed by atoms with van der Waals surface area (Å²) in [6, 6.07) is 7.20. The molecule has 1 aromatic carbocycles. The van der Waals surface area contributed by atoms with Crippen molar-refractivity contribution in [3.05, 3.63) is 29.3 Å². The van der Waals surface area contributed by atoms with Crippen molar-refractivity contribution >= 4 is 29.5 Å². The number of hydrogen-bond donors (Lipinski definition) is 0. The van der Waals surface area contributed by atoms with Crippen molar-refractivity contribution in [1.82, 2.24) is 9.80 Å². The van der Waals surface area contributed by atoms with E-state index < -0.39 is 0 Å². The van der Waals surface area contributed by atoms with E-state index in [1.54, 1.807) is 29.2 Å². The van der Waals surface area contributed by atoms with Crippen molar-refractivity contribution in [2.24, 2.45) is 5.92 Å². The van der Waals surface area contributed by atoms with Gasteiger partial charge in [-0.25, -0.2) is 4.79 Å². The first-order chi connectivity index (χ1) is 14.5. The summed E-state index contributed by atoms with van der Waals surface area (Å²) in [6.45, 7) is 4.70. The third-order valence-electron chi connectivity index (χ3n) is 6.00. The summed E-state index contributed by atoms with van der Waals surface area (Å²) in [5.74, 6) is 3.84. The van der Waals surface area contributed by atoms with E-state index in [9.17, 15) is 4.79 Å². The van der Waals surface area contributed by atoms with Gasteiger partial charge in [0.25, 0.3) is 0 Å². The number of hydrogen-bond acceptors (Lipinski definition) is 4. The molecule has 0 aromatic heterocycles. The number of halogens is 1. The number of ether oxygens (including phenoxy) is 1. The van der Waals surface area contributed by atoms with E-state index in [-0.39, 0.29) is 12.1 Å². The van der Waals surface area contributed by atoms with E-state index in [2.05, 4.69) is 30.6 Å². The van der Waals surface area contributed by atoms with Gasteiger partial charge in [-0.1, -0.05) is 31.4 Å². The molecule has 0 spiro atoms. The summed E-state index contributed by atoms with van der Waals surface area (Å²) < 4.78 is 5.47. The lowest BCUT2D eigenvalue weighted by molar-refractivity contribution is 0.127. The maximum Gasteiger partial charge on any atom is 0.415 e. The topological polar surface area (TPSA) is 32.8 Å². The van der Waals surface area contributed by atoms with E-state index in [4.69, 9.17) is 16.3 Å². The summed E-state index contributed by atoms with van der Waals surface area (Å²) in [5, 5.41) is 0.637. The molecule has 0 atom stereocenters. The van der Waals surface area contributed by atoms with E-state index in [1.807, 2.05) is 7.05 Å². The quantitative estimate of drug-likeness (QED) is 0.334. The summed E-state index contributed by atoms with van der Waals surface area (Å²) in [5.41, 5.74) is 0. The average Bonchev–Trinajstić information content (AvgIpc) is 2.75. The Bertz CT molecular complexity index is 606. The van der Waals surface area contributed by atoms with Gasteiger partial charge < -0.3 is 14.5 Å². The first-order valence-electron chi connectivity index (χ1n) is 11.5. The fourth-order valence-electron chi connectivity index (χ4n) is 3.95. The number of carbonyl (C=O) groups is 1. The van der Waals surface area contributed by atoms with Crippen LogP contribution in [0.4, 0.5) is 4.79 Å². The van der Waals surface area contributed by atoms with Crippen LogP contribution in [0, 0.1) is 5.92 Å². The maximum absolute atomic E-state index is 12.4. The third kappa shape index (κ3) is 9.49. The molecule has 1 aromatic rings. The highest BCUT2D eigenvalue weighted by molar-refractivity contribution is 7.99. The average molecular weight is 455 g/mol. The number of nitrogens with zero attached hydrogens (tertiary/aromatic N) is 2. The molecule has 170 valence electrons. The predicted molar refractivity (Wildman–Crippen MR) is 130 cm³/mol. The van der Waals surface area contributed by atoms with Crippen LogP contribution in [0.3, 0.4) is 0 Å². The Labute approximate surface area is 192 Å². The van der Waals surface area contributed by atoms with Crippen LogP contribution in [0.25, 0.3) is 0 Å². The minimum atomic E-state index is -0.279. The van der Waals surface area contributed by atoms with Crippen LogP contribution in [0.5, 0.6) is 5.75 Å². The lowest BCUT2D eigenvalue weighted by Crippen LogP contribution is -2.41. The molecule has 1 fully saturated rings. The van der Waals surface area contributed by atoms with Crippen molar-refractivity contribution in [1.29, 1.82) is 0 Å². The minimum absolute atomic E-state index is 0.279. The highest BCUT2D eigenvalue weighted by atomic mass is 35.5. The lowest BCUT2D eigenvalue weighted by atomic mass is 9.87. The van der Waals surface area contributed by atoms with Crippen LogP contribution >= 0.6 is 23.4 Å². The molecule has 0 unspecified atom stereocenters. The Morgan fingerprint density at radius 2 is 1.73 bits per heavy atom. The zero-order chi connectivity index (χ0) is 21.8. The van der Waals surface area contributed by atoms with Gasteiger partial charge >= 0.3 is 6.09 Å².